The van der Waals surface area contributed by atoms with Crippen LogP contribution in [-0.4, -0.2) is 18.2 Å². The summed E-state index contributed by atoms with van der Waals surface area (Å²) < 4.78 is 19.9. The van der Waals surface area contributed by atoms with Crippen molar-refractivity contribution >= 4 is 0 Å². The Balaban J connectivity index is 1.61. The lowest BCUT2D eigenvalue weighted by Crippen LogP contribution is -2.45. The number of hydrogen-bond donors (Lipinski definition) is 1. The van der Waals surface area contributed by atoms with Gasteiger partial charge in [0.15, 0.2) is 0 Å². The van der Waals surface area contributed by atoms with Crippen molar-refractivity contribution in [2.45, 2.75) is 63.2 Å². The molecule has 20 heavy (non-hydrogen) atoms. The topological polar surface area (TPSA) is 21.3 Å². The van der Waals surface area contributed by atoms with Crippen LogP contribution in [0.1, 0.15) is 50.5 Å². The fourth-order valence-corrected chi connectivity index (χ4v) is 3.03. The molecule has 3 rings (SSSR count). The van der Waals surface area contributed by atoms with E-state index in [4.69, 9.17) is 4.74 Å². The van der Waals surface area contributed by atoms with Gasteiger partial charge in [0.25, 0.3) is 0 Å². The maximum Gasteiger partial charge on any atom is 0.128 e. The Labute approximate surface area is 120 Å². The van der Waals surface area contributed by atoms with Crippen LogP contribution in [0.4, 0.5) is 4.39 Å². The summed E-state index contributed by atoms with van der Waals surface area (Å²) in [5, 5.41) is 3.60. The first kappa shape index (κ1) is 14.0. The van der Waals surface area contributed by atoms with E-state index < -0.39 is 0 Å². The minimum absolute atomic E-state index is 0.0802. The molecular formula is C17H24FNO. The van der Waals surface area contributed by atoms with E-state index in [0.717, 1.165) is 19.4 Å². The third kappa shape index (κ3) is 3.58. The van der Waals surface area contributed by atoms with E-state index in [1.807, 2.05) is 12.1 Å². The van der Waals surface area contributed by atoms with Crippen molar-refractivity contribution in [1.29, 1.82) is 0 Å². The maximum atomic E-state index is 13.7. The molecule has 1 aromatic rings. The molecule has 0 aliphatic heterocycles. The molecule has 0 heterocycles. The summed E-state index contributed by atoms with van der Waals surface area (Å²) in [4.78, 5) is 0. The summed E-state index contributed by atoms with van der Waals surface area (Å²) >= 11 is 0. The van der Waals surface area contributed by atoms with Crippen LogP contribution in [0.5, 0.6) is 0 Å². The second kappa shape index (κ2) is 6.23. The molecule has 0 bridgehead atoms. The predicted octanol–water partition coefficient (Wildman–Crippen LogP) is 3.80. The van der Waals surface area contributed by atoms with Crippen molar-refractivity contribution in [1.82, 2.24) is 5.32 Å². The van der Waals surface area contributed by atoms with Crippen molar-refractivity contribution in [3.05, 3.63) is 35.6 Å². The van der Waals surface area contributed by atoms with Crippen LogP contribution in [0.15, 0.2) is 24.3 Å². The Bertz CT molecular complexity index is 438. The summed E-state index contributed by atoms with van der Waals surface area (Å²) in [6.07, 6.45) is 8.54. The van der Waals surface area contributed by atoms with Crippen LogP contribution in [-0.2, 0) is 11.3 Å². The van der Waals surface area contributed by atoms with Gasteiger partial charge in [-0.05, 0) is 31.7 Å². The summed E-state index contributed by atoms with van der Waals surface area (Å²) in [5.74, 6) is -0.159. The molecule has 1 aromatic carbocycles. The Kier molecular flexibility index (Phi) is 4.37. The minimum Gasteiger partial charge on any atom is -0.369 e. The van der Waals surface area contributed by atoms with Gasteiger partial charge >= 0.3 is 0 Å². The highest BCUT2D eigenvalue weighted by molar-refractivity contribution is 5.16. The molecule has 0 atom stereocenters. The summed E-state index contributed by atoms with van der Waals surface area (Å²) in [6.45, 7) is 1.31. The lowest BCUT2D eigenvalue weighted by atomic mass is 9.84. The SMILES string of the molecule is Fc1ccccc1COC1(CNC2CC2)CCCCC1. The smallest absolute Gasteiger partial charge is 0.128 e. The molecule has 2 nitrogen and oxygen atoms in total. The van der Waals surface area contributed by atoms with Crippen LogP contribution in [0.3, 0.4) is 0 Å². The molecule has 0 unspecified atom stereocenters. The van der Waals surface area contributed by atoms with E-state index in [-0.39, 0.29) is 11.4 Å². The zero-order valence-corrected chi connectivity index (χ0v) is 12.0. The zero-order valence-electron chi connectivity index (χ0n) is 12.0. The van der Waals surface area contributed by atoms with Gasteiger partial charge in [-0.15, -0.1) is 0 Å². The van der Waals surface area contributed by atoms with Gasteiger partial charge in [-0.3, -0.25) is 0 Å². The number of benzene rings is 1. The molecule has 2 saturated carbocycles. The van der Waals surface area contributed by atoms with E-state index >= 15 is 0 Å². The van der Waals surface area contributed by atoms with Crippen molar-refractivity contribution in [3.8, 4) is 0 Å². The minimum atomic E-state index is -0.159. The van der Waals surface area contributed by atoms with Crippen molar-refractivity contribution < 1.29 is 9.13 Å². The highest BCUT2D eigenvalue weighted by atomic mass is 19.1. The second-order valence-electron chi connectivity index (χ2n) is 6.28. The molecule has 0 radical (unpaired) electrons. The Morgan fingerprint density at radius 1 is 1.15 bits per heavy atom. The molecule has 2 aliphatic rings. The lowest BCUT2D eigenvalue weighted by Gasteiger charge is -2.37. The molecule has 2 fully saturated rings. The average Bonchev–Trinajstić information content (AvgIpc) is 3.30. The monoisotopic (exact) mass is 277 g/mol. The quantitative estimate of drug-likeness (QED) is 0.854. The summed E-state index contributed by atoms with van der Waals surface area (Å²) in [6, 6.07) is 7.63. The average molecular weight is 277 g/mol. The van der Waals surface area contributed by atoms with Gasteiger partial charge in [-0.25, -0.2) is 4.39 Å². The highest BCUT2D eigenvalue weighted by Gasteiger charge is 2.35. The standard InChI is InChI=1S/C17H24FNO/c18-16-7-3-2-6-14(16)12-20-17(10-4-1-5-11-17)13-19-15-8-9-15/h2-3,6-7,15,19H,1,4-5,8-13H2. The fraction of sp³-hybridized carbons (Fsp3) is 0.647. The molecule has 1 N–H and O–H groups in total. The Hall–Kier alpha value is -0.930. The van der Waals surface area contributed by atoms with Gasteiger partial charge in [-0.2, -0.15) is 0 Å². The molecule has 0 amide bonds. The highest BCUT2D eigenvalue weighted by Crippen LogP contribution is 2.33. The lowest BCUT2D eigenvalue weighted by molar-refractivity contribution is -0.0795. The van der Waals surface area contributed by atoms with Gasteiger partial charge in [-0.1, -0.05) is 37.5 Å². The van der Waals surface area contributed by atoms with Gasteiger partial charge in [0.2, 0.25) is 0 Å². The second-order valence-corrected chi connectivity index (χ2v) is 6.28. The zero-order chi connectivity index (χ0) is 13.8. The number of ether oxygens (including phenoxy) is 1. The summed E-state index contributed by atoms with van der Waals surface area (Å²) in [7, 11) is 0. The van der Waals surface area contributed by atoms with Crippen LogP contribution in [0, 0.1) is 5.82 Å². The number of hydrogen-bond acceptors (Lipinski definition) is 2. The van der Waals surface area contributed by atoms with Gasteiger partial charge in [0, 0.05) is 18.2 Å². The predicted molar refractivity (Wildman–Crippen MR) is 78.0 cm³/mol. The van der Waals surface area contributed by atoms with E-state index in [2.05, 4.69) is 5.32 Å². The van der Waals surface area contributed by atoms with Crippen LogP contribution < -0.4 is 5.32 Å². The van der Waals surface area contributed by atoms with E-state index in [1.165, 1.54) is 38.2 Å². The van der Waals surface area contributed by atoms with Crippen LogP contribution in [0.2, 0.25) is 0 Å². The number of halogens is 1. The van der Waals surface area contributed by atoms with Crippen LogP contribution >= 0.6 is 0 Å². The molecule has 2 aliphatic carbocycles. The molecule has 0 aromatic heterocycles. The van der Waals surface area contributed by atoms with Gasteiger partial charge in [0.1, 0.15) is 5.82 Å². The Morgan fingerprint density at radius 2 is 1.90 bits per heavy atom. The molecule has 0 saturated heterocycles. The normalized spacial score (nSPS) is 21.9. The van der Waals surface area contributed by atoms with Gasteiger partial charge in [0.05, 0.1) is 12.2 Å². The van der Waals surface area contributed by atoms with Crippen molar-refractivity contribution in [3.63, 3.8) is 0 Å². The third-order valence-corrected chi connectivity index (χ3v) is 4.55. The van der Waals surface area contributed by atoms with E-state index in [1.54, 1.807) is 6.07 Å². The van der Waals surface area contributed by atoms with E-state index in [9.17, 15) is 4.39 Å². The largest absolute Gasteiger partial charge is 0.369 e. The first-order valence-corrected chi connectivity index (χ1v) is 7.88. The molecule has 110 valence electrons. The fourth-order valence-electron chi connectivity index (χ4n) is 3.03. The van der Waals surface area contributed by atoms with Crippen LogP contribution in [0.25, 0.3) is 0 Å². The molecule has 0 spiro atoms. The maximum absolute atomic E-state index is 13.7. The molecular weight excluding hydrogens is 253 g/mol. The van der Waals surface area contributed by atoms with E-state index in [0.29, 0.717) is 18.2 Å². The first-order chi connectivity index (χ1) is 9.77. The Morgan fingerprint density at radius 3 is 2.60 bits per heavy atom. The van der Waals surface area contributed by atoms with Crippen molar-refractivity contribution in [2.24, 2.45) is 0 Å². The summed E-state index contributed by atoms with van der Waals surface area (Å²) in [5.41, 5.74) is 0.590. The van der Waals surface area contributed by atoms with Crippen molar-refractivity contribution in [2.75, 3.05) is 6.54 Å². The number of nitrogens with one attached hydrogen (secondary N) is 1. The molecule has 3 heteroatoms. The third-order valence-electron chi connectivity index (χ3n) is 4.55. The van der Waals surface area contributed by atoms with Gasteiger partial charge < -0.3 is 10.1 Å². The first-order valence-electron chi connectivity index (χ1n) is 7.88. The number of rotatable bonds is 6.